The highest BCUT2D eigenvalue weighted by atomic mass is 35.5. The molecule has 0 bridgehead atoms. The third-order valence-electron chi connectivity index (χ3n) is 3.97. The van der Waals surface area contributed by atoms with Crippen molar-refractivity contribution in [2.75, 3.05) is 0 Å². The highest BCUT2D eigenvalue weighted by molar-refractivity contribution is 6.30. The largest absolute Gasteiger partial charge is 0.264 e. The molecule has 0 spiro atoms. The number of hydrogen-bond donors (Lipinski definition) is 0. The molecule has 0 aliphatic rings. The van der Waals surface area contributed by atoms with E-state index in [9.17, 15) is 0 Å². The highest BCUT2D eigenvalue weighted by Gasteiger charge is 2.15. The van der Waals surface area contributed by atoms with Crippen LogP contribution in [0.15, 0.2) is 61.3 Å². The number of fused-ring (bicyclic) bond motifs is 3. The van der Waals surface area contributed by atoms with E-state index in [1.807, 2.05) is 40.8 Å². The lowest BCUT2D eigenvalue weighted by Gasteiger charge is -2.03. The van der Waals surface area contributed by atoms with E-state index < -0.39 is 0 Å². The van der Waals surface area contributed by atoms with Crippen LogP contribution in [0.5, 0.6) is 0 Å². The lowest BCUT2D eigenvalue weighted by molar-refractivity contribution is 0.893. The van der Waals surface area contributed by atoms with Gasteiger partial charge in [0.25, 0.3) is 0 Å². The lowest BCUT2D eigenvalue weighted by atomic mass is 10.3. The normalized spacial score (nSPS) is 11.4. The Morgan fingerprint density at radius 2 is 1.80 bits per heavy atom. The first kappa shape index (κ1) is 14.1. The molecule has 1 aromatic carbocycles. The molecule has 0 aliphatic heterocycles. The molecule has 25 heavy (non-hydrogen) atoms. The number of aromatic nitrogens is 7. The van der Waals surface area contributed by atoms with Crippen LogP contribution in [-0.4, -0.2) is 34.3 Å². The van der Waals surface area contributed by atoms with E-state index >= 15 is 0 Å². The van der Waals surface area contributed by atoms with Gasteiger partial charge in [0.15, 0.2) is 17.1 Å². The summed E-state index contributed by atoms with van der Waals surface area (Å²) in [4.78, 5) is 8.69. The second kappa shape index (κ2) is 5.35. The summed E-state index contributed by atoms with van der Waals surface area (Å²) >= 11 is 5.96. The van der Waals surface area contributed by atoms with Crippen LogP contribution >= 0.6 is 11.6 Å². The van der Waals surface area contributed by atoms with Crippen molar-refractivity contribution in [3.63, 3.8) is 0 Å². The van der Waals surface area contributed by atoms with Crippen LogP contribution in [0.4, 0.5) is 0 Å². The van der Waals surface area contributed by atoms with Gasteiger partial charge in [-0.05, 0) is 36.4 Å². The van der Waals surface area contributed by atoms with E-state index in [-0.39, 0.29) is 0 Å². The fraction of sp³-hybridized carbons (Fsp3) is 0. The standard InChI is InChI=1S/C17H10ClN7/c18-12-3-5-13(6-4-12)25-16-14(9-21-25)17-23-22-15(24(17)10-20-16)11-2-1-7-19-8-11/h1-10H. The summed E-state index contributed by atoms with van der Waals surface area (Å²) in [6.07, 6.45) is 6.92. The van der Waals surface area contributed by atoms with Crippen molar-refractivity contribution in [3.05, 3.63) is 66.3 Å². The van der Waals surface area contributed by atoms with Gasteiger partial charge in [-0.1, -0.05) is 11.6 Å². The first-order chi connectivity index (χ1) is 12.3. The van der Waals surface area contributed by atoms with Crippen molar-refractivity contribution < 1.29 is 0 Å². The van der Waals surface area contributed by atoms with Crippen molar-refractivity contribution in [2.24, 2.45) is 0 Å². The Bertz CT molecular complexity index is 1190. The molecular weight excluding hydrogens is 338 g/mol. The highest BCUT2D eigenvalue weighted by Crippen LogP contribution is 2.24. The Balaban J connectivity index is 1.73. The van der Waals surface area contributed by atoms with Crippen molar-refractivity contribution >= 4 is 28.3 Å². The van der Waals surface area contributed by atoms with Gasteiger partial charge in [0.05, 0.1) is 17.3 Å². The summed E-state index contributed by atoms with van der Waals surface area (Å²) < 4.78 is 3.59. The van der Waals surface area contributed by atoms with E-state index in [1.54, 1.807) is 29.6 Å². The summed E-state index contributed by atoms with van der Waals surface area (Å²) in [5.74, 6) is 0.691. The van der Waals surface area contributed by atoms with Gasteiger partial charge in [-0.25, -0.2) is 9.67 Å². The van der Waals surface area contributed by atoms with Gasteiger partial charge in [0.2, 0.25) is 0 Å². The second-order valence-electron chi connectivity index (χ2n) is 5.47. The Labute approximate surface area is 146 Å². The minimum Gasteiger partial charge on any atom is -0.264 e. The van der Waals surface area contributed by atoms with Gasteiger partial charge in [-0.3, -0.25) is 9.38 Å². The third kappa shape index (κ3) is 2.17. The fourth-order valence-corrected chi connectivity index (χ4v) is 2.91. The van der Waals surface area contributed by atoms with Crippen LogP contribution in [0.1, 0.15) is 0 Å². The monoisotopic (exact) mass is 347 g/mol. The fourth-order valence-electron chi connectivity index (χ4n) is 2.78. The van der Waals surface area contributed by atoms with Gasteiger partial charge in [0.1, 0.15) is 6.33 Å². The first-order valence-electron chi connectivity index (χ1n) is 7.55. The van der Waals surface area contributed by atoms with Crippen molar-refractivity contribution in [1.29, 1.82) is 0 Å². The molecule has 8 heteroatoms. The minimum absolute atomic E-state index is 0.675. The van der Waals surface area contributed by atoms with E-state index in [2.05, 4.69) is 25.3 Å². The predicted molar refractivity (Wildman–Crippen MR) is 93.7 cm³/mol. The van der Waals surface area contributed by atoms with Crippen LogP contribution in [0.2, 0.25) is 5.02 Å². The van der Waals surface area contributed by atoms with Crippen LogP contribution in [0.3, 0.4) is 0 Å². The van der Waals surface area contributed by atoms with Crippen LogP contribution in [0, 0.1) is 0 Å². The molecule has 5 aromatic rings. The van der Waals surface area contributed by atoms with Crippen LogP contribution in [-0.2, 0) is 0 Å². The minimum atomic E-state index is 0.675. The molecule has 0 atom stereocenters. The van der Waals surface area contributed by atoms with Gasteiger partial charge in [-0.15, -0.1) is 10.2 Å². The maximum absolute atomic E-state index is 5.96. The summed E-state index contributed by atoms with van der Waals surface area (Å²) in [7, 11) is 0. The number of nitrogens with zero attached hydrogens (tertiary/aromatic N) is 7. The van der Waals surface area contributed by atoms with Gasteiger partial charge < -0.3 is 0 Å². The number of benzene rings is 1. The molecule has 0 aliphatic carbocycles. The second-order valence-corrected chi connectivity index (χ2v) is 5.91. The molecule has 5 rings (SSSR count). The Morgan fingerprint density at radius 1 is 0.920 bits per heavy atom. The summed E-state index contributed by atoms with van der Waals surface area (Å²) in [6, 6.07) is 11.2. The van der Waals surface area contributed by atoms with Crippen molar-refractivity contribution in [3.8, 4) is 17.1 Å². The number of rotatable bonds is 2. The molecule has 4 aromatic heterocycles. The van der Waals surface area contributed by atoms with E-state index in [0.29, 0.717) is 22.1 Å². The van der Waals surface area contributed by atoms with Crippen LogP contribution < -0.4 is 0 Å². The Morgan fingerprint density at radius 3 is 2.60 bits per heavy atom. The van der Waals surface area contributed by atoms with Gasteiger partial charge in [0, 0.05) is 23.0 Å². The average Bonchev–Trinajstić information content (AvgIpc) is 3.27. The van der Waals surface area contributed by atoms with Crippen molar-refractivity contribution in [1.82, 2.24) is 34.3 Å². The molecule has 0 saturated carbocycles. The molecular formula is C17H10ClN7. The number of hydrogen-bond acceptors (Lipinski definition) is 5. The topological polar surface area (TPSA) is 73.8 Å². The quantitative estimate of drug-likeness (QED) is 0.490. The molecule has 0 saturated heterocycles. The summed E-state index contributed by atoms with van der Waals surface area (Å²) in [5.41, 5.74) is 3.16. The summed E-state index contributed by atoms with van der Waals surface area (Å²) in [6.45, 7) is 0. The Hall–Kier alpha value is -3.32. The molecule has 4 heterocycles. The van der Waals surface area contributed by atoms with E-state index in [0.717, 1.165) is 16.6 Å². The number of pyridine rings is 1. The first-order valence-corrected chi connectivity index (χ1v) is 7.93. The molecule has 0 amide bonds. The molecule has 7 nitrogen and oxygen atoms in total. The SMILES string of the molecule is Clc1ccc(-n2ncc3c2ncn2c(-c4cccnc4)nnc32)cc1. The molecule has 0 fully saturated rings. The molecule has 0 N–H and O–H groups in total. The average molecular weight is 348 g/mol. The third-order valence-corrected chi connectivity index (χ3v) is 4.22. The molecule has 0 radical (unpaired) electrons. The maximum Gasteiger partial charge on any atom is 0.175 e. The Kier molecular flexibility index (Phi) is 3.01. The lowest BCUT2D eigenvalue weighted by Crippen LogP contribution is -1.99. The van der Waals surface area contributed by atoms with Gasteiger partial charge >= 0.3 is 0 Å². The van der Waals surface area contributed by atoms with E-state index in [4.69, 9.17) is 11.6 Å². The molecule has 0 unspecified atom stereocenters. The predicted octanol–water partition coefficient (Wildman–Crippen LogP) is 3.18. The zero-order chi connectivity index (χ0) is 16.8. The molecule has 120 valence electrons. The van der Waals surface area contributed by atoms with Gasteiger partial charge in [-0.2, -0.15) is 5.10 Å². The van der Waals surface area contributed by atoms with E-state index in [1.165, 1.54) is 0 Å². The maximum atomic E-state index is 5.96. The van der Waals surface area contributed by atoms with Crippen molar-refractivity contribution in [2.45, 2.75) is 0 Å². The smallest absolute Gasteiger partial charge is 0.175 e. The zero-order valence-corrected chi connectivity index (χ0v) is 13.5. The summed E-state index contributed by atoms with van der Waals surface area (Å²) in [5, 5.41) is 14.5. The number of halogens is 1. The zero-order valence-electron chi connectivity index (χ0n) is 12.8. The van der Waals surface area contributed by atoms with Crippen LogP contribution in [0.25, 0.3) is 33.8 Å².